The van der Waals surface area contributed by atoms with E-state index in [0.717, 1.165) is 18.4 Å². The number of nitrogens with one attached hydrogen (secondary N) is 2. The van der Waals surface area contributed by atoms with Crippen LogP contribution in [0.1, 0.15) is 24.2 Å². The number of thiophene rings is 1. The highest BCUT2D eigenvalue weighted by Crippen LogP contribution is 2.17. The molecule has 0 radical (unpaired) electrons. The second-order valence-electron chi connectivity index (χ2n) is 6.64. The van der Waals surface area contributed by atoms with E-state index in [2.05, 4.69) is 10.6 Å². The van der Waals surface area contributed by atoms with Crippen molar-refractivity contribution in [1.29, 1.82) is 0 Å². The van der Waals surface area contributed by atoms with Crippen LogP contribution in [0.3, 0.4) is 0 Å². The molecule has 1 saturated heterocycles. The summed E-state index contributed by atoms with van der Waals surface area (Å²) < 4.78 is 5.17. The largest absolute Gasteiger partial charge is 0.465 e. The van der Waals surface area contributed by atoms with E-state index < -0.39 is 11.8 Å². The fourth-order valence-electron chi connectivity index (χ4n) is 2.98. The summed E-state index contributed by atoms with van der Waals surface area (Å²) in [5.41, 5.74) is 0.976. The Morgan fingerprint density at radius 1 is 1.18 bits per heavy atom. The third-order valence-corrected chi connectivity index (χ3v) is 5.38. The lowest BCUT2D eigenvalue weighted by atomic mass is 9.96. The molecule has 0 atom stereocenters. The average Bonchev–Trinajstić information content (AvgIpc) is 3.42. The van der Waals surface area contributed by atoms with E-state index in [1.165, 1.54) is 6.08 Å². The topological polar surface area (TPSA) is 91.7 Å². The van der Waals surface area contributed by atoms with Crippen LogP contribution in [0.4, 0.5) is 0 Å². The zero-order chi connectivity index (χ0) is 19.8. The summed E-state index contributed by atoms with van der Waals surface area (Å²) in [5, 5.41) is 9.15. The maximum Gasteiger partial charge on any atom is 0.309 e. The first-order valence-corrected chi connectivity index (χ1v) is 10.1. The lowest BCUT2D eigenvalue weighted by molar-refractivity contribution is -0.139. The van der Waals surface area contributed by atoms with Gasteiger partial charge in [-0.15, -0.1) is 0 Å². The van der Waals surface area contributed by atoms with Gasteiger partial charge in [0.25, 0.3) is 0 Å². The summed E-state index contributed by atoms with van der Waals surface area (Å²) in [6, 6.07) is 5.46. The minimum Gasteiger partial charge on any atom is -0.465 e. The van der Waals surface area contributed by atoms with Crippen LogP contribution in [0.2, 0.25) is 0 Å². The van der Waals surface area contributed by atoms with Crippen LogP contribution in [0, 0.1) is 5.92 Å². The Hall–Kier alpha value is -2.87. The summed E-state index contributed by atoms with van der Waals surface area (Å²) in [7, 11) is 0. The Balaban J connectivity index is 1.34. The van der Waals surface area contributed by atoms with E-state index in [4.69, 9.17) is 4.42 Å². The van der Waals surface area contributed by atoms with Crippen molar-refractivity contribution in [2.75, 3.05) is 19.6 Å². The zero-order valence-corrected chi connectivity index (χ0v) is 16.2. The second kappa shape index (κ2) is 9.89. The molecule has 148 valence electrons. The number of furan rings is 1. The van der Waals surface area contributed by atoms with Gasteiger partial charge in [0.15, 0.2) is 0 Å². The minimum atomic E-state index is -0.623. The van der Waals surface area contributed by atoms with Crippen molar-refractivity contribution in [2.24, 2.45) is 5.92 Å². The molecule has 0 aromatic carbocycles. The third-order valence-electron chi connectivity index (χ3n) is 4.65. The quantitative estimate of drug-likeness (QED) is 0.572. The number of rotatable bonds is 6. The molecule has 3 rings (SSSR count). The number of nitrogens with zero attached hydrogens (tertiary/aromatic N) is 1. The van der Waals surface area contributed by atoms with E-state index >= 15 is 0 Å². The van der Waals surface area contributed by atoms with Gasteiger partial charge in [-0.05, 0) is 59.4 Å². The summed E-state index contributed by atoms with van der Waals surface area (Å²) in [6.45, 7) is 2.05. The standard InChI is InChI=1S/C20H23N3O4S/c24-18(4-3-17-2-1-10-27-17)23-8-5-15(6-9-23)12-21-19(25)20(26)22-13-16-7-11-28-14-16/h1-4,7,10-11,14-15H,5-6,8-9,12-13H2,(H,21,25)(H,22,26)/b4-3+. The van der Waals surface area contributed by atoms with Gasteiger partial charge in [0.2, 0.25) is 5.91 Å². The Morgan fingerprint density at radius 2 is 1.96 bits per heavy atom. The summed E-state index contributed by atoms with van der Waals surface area (Å²) >= 11 is 1.54. The molecule has 0 unspecified atom stereocenters. The van der Waals surface area contributed by atoms with Crippen LogP contribution in [-0.2, 0) is 20.9 Å². The van der Waals surface area contributed by atoms with Crippen LogP contribution in [0.5, 0.6) is 0 Å². The van der Waals surface area contributed by atoms with Crippen LogP contribution in [-0.4, -0.2) is 42.3 Å². The molecule has 2 aromatic heterocycles. The highest BCUT2D eigenvalue weighted by molar-refractivity contribution is 7.07. The van der Waals surface area contributed by atoms with Crippen molar-refractivity contribution in [3.05, 3.63) is 52.6 Å². The molecule has 0 saturated carbocycles. The molecule has 2 aromatic rings. The molecule has 7 nitrogen and oxygen atoms in total. The Labute approximate surface area is 167 Å². The normalized spacial score (nSPS) is 14.9. The molecule has 1 aliphatic heterocycles. The van der Waals surface area contributed by atoms with Crippen molar-refractivity contribution in [2.45, 2.75) is 19.4 Å². The zero-order valence-electron chi connectivity index (χ0n) is 15.4. The highest BCUT2D eigenvalue weighted by atomic mass is 32.1. The maximum absolute atomic E-state index is 12.2. The van der Waals surface area contributed by atoms with Crippen molar-refractivity contribution in [3.8, 4) is 0 Å². The van der Waals surface area contributed by atoms with Crippen LogP contribution in [0.25, 0.3) is 6.08 Å². The van der Waals surface area contributed by atoms with Gasteiger partial charge in [-0.2, -0.15) is 11.3 Å². The molecule has 3 amide bonds. The molecule has 0 bridgehead atoms. The summed E-state index contributed by atoms with van der Waals surface area (Å²) in [6.07, 6.45) is 6.31. The molecule has 1 fully saturated rings. The van der Waals surface area contributed by atoms with Gasteiger partial charge < -0.3 is 20.0 Å². The SMILES string of the molecule is O=C(NCc1ccsc1)C(=O)NCC1CCN(C(=O)/C=C/c2ccco2)CC1. The number of amides is 3. The highest BCUT2D eigenvalue weighted by Gasteiger charge is 2.23. The van der Waals surface area contributed by atoms with Gasteiger partial charge in [-0.3, -0.25) is 14.4 Å². The molecule has 3 heterocycles. The van der Waals surface area contributed by atoms with Crippen LogP contribution >= 0.6 is 11.3 Å². The molecule has 2 N–H and O–H groups in total. The van der Waals surface area contributed by atoms with Gasteiger partial charge in [0.05, 0.1) is 6.26 Å². The third kappa shape index (κ3) is 5.82. The van der Waals surface area contributed by atoms with Crippen molar-refractivity contribution in [3.63, 3.8) is 0 Å². The van der Waals surface area contributed by atoms with Gasteiger partial charge in [0, 0.05) is 32.3 Å². The number of carbonyl (C=O) groups excluding carboxylic acids is 3. The fourth-order valence-corrected chi connectivity index (χ4v) is 3.64. The first kappa shape index (κ1) is 19.9. The smallest absolute Gasteiger partial charge is 0.309 e. The van der Waals surface area contributed by atoms with Gasteiger partial charge in [-0.1, -0.05) is 0 Å². The minimum absolute atomic E-state index is 0.0494. The second-order valence-corrected chi connectivity index (χ2v) is 7.42. The molecule has 8 heteroatoms. The molecule has 1 aliphatic rings. The van der Waals surface area contributed by atoms with E-state index in [1.807, 2.05) is 16.8 Å². The lowest BCUT2D eigenvalue weighted by Gasteiger charge is -2.31. The molecular formula is C20H23N3O4S. The van der Waals surface area contributed by atoms with E-state index in [0.29, 0.717) is 31.9 Å². The Kier molecular flexibility index (Phi) is 7.02. The first-order valence-electron chi connectivity index (χ1n) is 9.19. The predicted octanol–water partition coefficient (Wildman–Crippen LogP) is 2.03. The average molecular weight is 401 g/mol. The Bertz CT molecular complexity index is 807. The van der Waals surface area contributed by atoms with Crippen LogP contribution < -0.4 is 10.6 Å². The van der Waals surface area contributed by atoms with E-state index in [1.54, 1.807) is 40.7 Å². The molecule has 28 heavy (non-hydrogen) atoms. The van der Waals surface area contributed by atoms with Crippen molar-refractivity contribution in [1.82, 2.24) is 15.5 Å². The fraction of sp³-hybridized carbons (Fsp3) is 0.350. The summed E-state index contributed by atoms with van der Waals surface area (Å²) in [5.74, 6) is -0.390. The van der Waals surface area contributed by atoms with Crippen molar-refractivity contribution >= 4 is 35.1 Å². The van der Waals surface area contributed by atoms with Crippen LogP contribution in [0.15, 0.2) is 45.7 Å². The van der Waals surface area contributed by atoms with Gasteiger partial charge in [-0.25, -0.2) is 0 Å². The summed E-state index contributed by atoms with van der Waals surface area (Å²) in [4.78, 5) is 37.7. The number of hydrogen-bond acceptors (Lipinski definition) is 5. The molecular weight excluding hydrogens is 378 g/mol. The van der Waals surface area contributed by atoms with Gasteiger partial charge >= 0.3 is 11.8 Å². The maximum atomic E-state index is 12.2. The van der Waals surface area contributed by atoms with E-state index in [-0.39, 0.29) is 11.8 Å². The monoisotopic (exact) mass is 401 g/mol. The molecule has 0 spiro atoms. The number of hydrogen-bond donors (Lipinski definition) is 2. The molecule has 0 aliphatic carbocycles. The number of carbonyl (C=O) groups is 3. The Morgan fingerprint density at radius 3 is 2.64 bits per heavy atom. The van der Waals surface area contributed by atoms with E-state index in [9.17, 15) is 14.4 Å². The van der Waals surface area contributed by atoms with Gasteiger partial charge in [0.1, 0.15) is 5.76 Å². The number of piperidine rings is 1. The lowest BCUT2D eigenvalue weighted by Crippen LogP contribution is -2.44. The first-order chi connectivity index (χ1) is 13.6. The van der Waals surface area contributed by atoms with Crippen molar-refractivity contribution < 1.29 is 18.8 Å². The number of likely N-dealkylation sites (tertiary alicyclic amines) is 1. The predicted molar refractivity (Wildman–Crippen MR) is 106 cm³/mol.